The number of hydrogen-bond donors (Lipinski definition) is 0. The van der Waals surface area contributed by atoms with Crippen LogP contribution in [-0.4, -0.2) is 31.2 Å². The van der Waals surface area contributed by atoms with Crippen molar-refractivity contribution in [1.29, 1.82) is 0 Å². The number of halogens is 1. The van der Waals surface area contributed by atoms with Crippen LogP contribution in [0.4, 0.5) is 0 Å². The molecule has 0 amide bonds. The van der Waals surface area contributed by atoms with Gasteiger partial charge in [-0.2, -0.15) is 4.31 Å². The third kappa shape index (κ3) is 3.18. The van der Waals surface area contributed by atoms with E-state index in [-0.39, 0.29) is 6.04 Å². The molecular formula is C15H22ClNO2S. The fourth-order valence-electron chi connectivity index (χ4n) is 2.82. The lowest BCUT2D eigenvalue weighted by Gasteiger charge is -2.34. The molecule has 1 unspecified atom stereocenters. The van der Waals surface area contributed by atoms with Crippen molar-refractivity contribution in [3.8, 4) is 0 Å². The first-order valence-electron chi connectivity index (χ1n) is 7.12. The molecule has 112 valence electrons. The Hall–Kier alpha value is -0.580. The van der Waals surface area contributed by atoms with Crippen molar-refractivity contribution in [2.45, 2.75) is 50.5 Å². The summed E-state index contributed by atoms with van der Waals surface area (Å²) < 4.78 is 27.5. The average molecular weight is 316 g/mol. The van der Waals surface area contributed by atoms with Crippen LogP contribution in [0.1, 0.15) is 36.8 Å². The van der Waals surface area contributed by atoms with Crippen LogP contribution in [0.15, 0.2) is 23.1 Å². The van der Waals surface area contributed by atoms with Crippen LogP contribution >= 0.6 is 11.6 Å². The van der Waals surface area contributed by atoms with Crippen LogP contribution in [0, 0.1) is 13.8 Å². The zero-order chi connectivity index (χ0) is 14.8. The molecule has 5 heteroatoms. The first-order valence-corrected chi connectivity index (χ1v) is 9.09. The molecule has 1 aliphatic rings. The molecule has 0 radical (unpaired) electrons. The van der Waals surface area contributed by atoms with E-state index in [1.54, 1.807) is 10.4 Å². The van der Waals surface area contributed by atoms with E-state index in [1.807, 2.05) is 26.0 Å². The minimum atomic E-state index is -3.41. The van der Waals surface area contributed by atoms with Crippen LogP contribution < -0.4 is 0 Å². The lowest BCUT2D eigenvalue weighted by Crippen LogP contribution is -2.44. The number of rotatable bonds is 4. The van der Waals surface area contributed by atoms with Gasteiger partial charge in [0.25, 0.3) is 0 Å². The number of benzene rings is 1. The van der Waals surface area contributed by atoms with Crippen molar-refractivity contribution in [1.82, 2.24) is 4.31 Å². The minimum Gasteiger partial charge on any atom is -0.207 e. The van der Waals surface area contributed by atoms with Gasteiger partial charge in [0, 0.05) is 18.5 Å². The summed E-state index contributed by atoms with van der Waals surface area (Å²) in [6.07, 6.45) is 3.66. The second-order valence-electron chi connectivity index (χ2n) is 5.51. The molecule has 0 bridgehead atoms. The molecule has 1 aliphatic heterocycles. The number of aryl methyl sites for hydroxylation is 2. The first kappa shape index (κ1) is 15.8. The van der Waals surface area contributed by atoms with Crippen molar-refractivity contribution < 1.29 is 8.42 Å². The van der Waals surface area contributed by atoms with Gasteiger partial charge in [-0.15, -0.1) is 11.6 Å². The minimum absolute atomic E-state index is 0.0474. The van der Waals surface area contributed by atoms with Crippen molar-refractivity contribution in [3.63, 3.8) is 0 Å². The summed E-state index contributed by atoms with van der Waals surface area (Å²) in [5.74, 6) is 0.503. The van der Waals surface area contributed by atoms with Crippen LogP contribution in [0.25, 0.3) is 0 Å². The molecular weight excluding hydrogens is 294 g/mol. The summed E-state index contributed by atoms with van der Waals surface area (Å²) in [6.45, 7) is 4.38. The molecule has 20 heavy (non-hydrogen) atoms. The monoisotopic (exact) mass is 315 g/mol. The summed E-state index contributed by atoms with van der Waals surface area (Å²) in [6, 6.07) is 5.65. The van der Waals surface area contributed by atoms with Crippen molar-refractivity contribution in [2.24, 2.45) is 0 Å². The lowest BCUT2D eigenvalue weighted by molar-refractivity contribution is 0.247. The third-order valence-corrected chi connectivity index (χ3v) is 6.26. The van der Waals surface area contributed by atoms with Gasteiger partial charge >= 0.3 is 0 Å². The number of hydrogen-bond acceptors (Lipinski definition) is 2. The van der Waals surface area contributed by atoms with Gasteiger partial charge in [-0.05, 0) is 50.3 Å². The number of sulfonamides is 1. The Labute approximate surface area is 127 Å². The maximum Gasteiger partial charge on any atom is 0.243 e. The predicted molar refractivity (Wildman–Crippen MR) is 82.8 cm³/mol. The lowest BCUT2D eigenvalue weighted by atomic mass is 10.0. The molecule has 0 saturated carbocycles. The van der Waals surface area contributed by atoms with Gasteiger partial charge in [-0.25, -0.2) is 8.42 Å². The van der Waals surface area contributed by atoms with Crippen LogP contribution in [-0.2, 0) is 10.0 Å². The average Bonchev–Trinajstić information content (AvgIpc) is 2.42. The van der Waals surface area contributed by atoms with Gasteiger partial charge in [-0.3, -0.25) is 0 Å². The Bertz CT molecular complexity index is 569. The summed E-state index contributed by atoms with van der Waals surface area (Å²) >= 11 is 5.83. The van der Waals surface area contributed by atoms with E-state index < -0.39 is 10.0 Å². The van der Waals surface area contributed by atoms with Gasteiger partial charge in [0.1, 0.15) is 0 Å². The van der Waals surface area contributed by atoms with E-state index in [0.717, 1.165) is 36.8 Å². The van der Waals surface area contributed by atoms with Gasteiger partial charge in [0.15, 0.2) is 0 Å². The molecule has 1 aromatic rings. The van der Waals surface area contributed by atoms with Crippen LogP contribution in [0.2, 0.25) is 0 Å². The Kier molecular flexibility index (Phi) is 5.10. The number of nitrogens with zero attached hydrogens (tertiary/aromatic N) is 1. The van der Waals surface area contributed by atoms with Gasteiger partial charge < -0.3 is 0 Å². The number of piperidine rings is 1. The summed E-state index contributed by atoms with van der Waals surface area (Å²) in [4.78, 5) is 0.443. The van der Waals surface area contributed by atoms with Crippen LogP contribution in [0.3, 0.4) is 0 Å². The molecule has 0 spiro atoms. The number of alkyl halides is 1. The molecule has 0 N–H and O–H groups in total. The normalized spacial score (nSPS) is 21.1. The molecule has 0 aromatic heterocycles. The van der Waals surface area contributed by atoms with Crippen molar-refractivity contribution in [2.75, 3.05) is 12.4 Å². The van der Waals surface area contributed by atoms with Crippen LogP contribution in [0.5, 0.6) is 0 Å². The molecule has 2 rings (SSSR count). The Morgan fingerprint density at radius 3 is 2.75 bits per heavy atom. The third-order valence-electron chi connectivity index (χ3n) is 3.95. The van der Waals surface area contributed by atoms with E-state index in [2.05, 4.69) is 0 Å². The van der Waals surface area contributed by atoms with E-state index in [9.17, 15) is 8.42 Å². The van der Waals surface area contributed by atoms with E-state index in [1.165, 1.54) is 0 Å². The molecule has 0 aliphatic carbocycles. The quantitative estimate of drug-likeness (QED) is 0.798. The highest BCUT2D eigenvalue weighted by atomic mass is 35.5. The van der Waals surface area contributed by atoms with E-state index in [4.69, 9.17) is 11.6 Å². The van der Waals surface area contributed by atoms with Gasteiger partial charge in [0.2, 0.25) is 10.0 Å². The summed E-state index contributed by atoms with van der Waals surface area (Å²) in [7, 11) is -3.41. The zero-order valence-corrected chi connectivity index (χ0v) is 13.7. The highest BCUT2D eigenvalue weighted by Crippen LogP contribution is 2.29. The summed E-state index contributed by atoms with van der Waals surface area (Å²) in [5, 5.41) is 0. The maximum absolute atomic E-state index is 12.9. The Morgan fingerprint density at radius 2 is 2.05 bits per heavy atom. The van der Waals surface area contributed by atoms with E-state index in [0.29, 0.717) is 17.3 Å². The maximum atomic E-state index is 12.9. The fourth-order valence-corrected chi connectivity index (χ4v) is 5.10. The Morgan fingerprint density at radius 1 is 1.30 bits per heavy atom. The molecule has 3 nitrogen and oxygen atoms in total. The first-order chi connectivity index (χ1) is 9.46. The summed E-state index contributed by atoms with van der Waals surface area (Å²) in [5.41, 5.74) is 1.78. The second-order valence-corrected chi connectivity index (χ2v) is 7.75. The molecule has 1 fully saturated rings. The highest BCUT2D eigenvalue weighted by molar-refractivity contribution is 7.89. The molecule has 1 aromatic carbocycles. The van der Waals surface area contributed by atoms with Crippen molar-refractivity contribution >= 4 is 21.6 Å². The van der Waals surface area contributed by atoms with Gasteiger partial charge in [-0.1, -0.05) is 18.6 Å². The Balaban J connectivity index is 2.39. The fraction of sp³-hybridized carbons (Fsp3) is 0.600. The SMILES string of the molecule is Cc1ccc(C)c(S(=O)(=O)N2CCCCC2CCCl)c1. The second kappa shape index (κ2) is 6.46. The smallest absolute Gasteiger partial charge is 0.207 e. The standard InChI is InChI=1S/C15H22ClNO2S/c1-12-6-7-13(2)15(11-12)20(18,19)17-10-4-3-5-14(17)8-9-16/h6-7,11,14H,3-5,8-10H2,1-2H3. The van der Waals surface area contributed by atoms with E-state index >= 15 is 0 Å². The zero-order valence-electron chi connectivity index (χ0n) is 12.1. The van der Waals surface area contributed by atoms with Gasteiger partial charge in [0.05, 0.1) is 4.90 Å². The molecule has 1 saturated heterocycles. The predicted octanol–water partition coefficient (Wildman–Crippen LogP) is 3.48. The molecule has 1 heterocycles. The molecule has 1 atom stereocenters. The largest absolute Gasteiger partial charge is 0.243 e. The topological polar surface area (TPSA) is 37.4 Å². The highest BCUT2D eigenvalue weighted by Gasteiger charge is 2.33. The van der Waals surface area contributed by atoms with Crippen molar-refractivity contribution in [3.05, 3.63) is 29.3 Å².